The molecule has 0 saturated carbocycles. The van der Waals surface area contributed by atoms with E-state index in [-0.39, 0.29) is 39.0 Å². The highest BCUT2D eigenvalue weighted by atomic mass is 32.2. The zero-order valence-corrected chi connectivity index (χ0v) is 14.6. The van der Waals surface area contributed by atoms with Gasteiger partial charge in [0.25, 0.3) is 0 Å². The molecule has 1 spiro atoms. The Labute approximate surface area is 145 Å². The minimum atomic E-state index is -4.20. The summed E-state index contributed by atoms with van der Waals surface area (Å²) in [5.41, 5.74) is -2.35. The Hall–Kier alpha value is -1.13. The van der Waals surface area contributed by atoms with Crippen LogP contribution in [0.25, 0.3) is 0 Å². The quantitative estimate of drug-likeness (QED) is 0.804. The number of nitrogens with zero attached hydrogens (tertiary/aromatic N) is 1. The molecule has 2 aliphatic heterocycles. The van der Waals surface area contributed by atoms with Crippen molar-refractivity contribution in [2.75, 3.05) is 19.7 Å². The number of benzene rings is 1. The summed E-state index contributed by atoms with van der Waals surface area (Å²) in [6, 6.07) is 2.29. The number of halogens is 2. The van der Waals surface area contributed by atoms with Crippen molar-refractivity contribution in [2.24, 2.45) is 0 Å². The first kappa shape index (κ1) is 18.7. The lowest BCUT2D eigenvalue weighted by atomic mass is 9.75. The topological polar surface area (TPSA) is 87.1 Å². The molecule has 140 valence electrons. The van der Waals surface area contributed by atoms with E-state index in [9.17, 15) is 27.4 Å². The van der Waals surface area contributed by atoms with Crippen LogP contribution in [-0.4, -0.2) is 59.9 Å². The standard InChI is InChI=1S/C16H21F2NO5S/c1-15(21)6-9-24-16(14(15)20)4-7-19(8-5-16)25(22,23)13-10-11(17)2-3-12(13)18/h2-3,10,14,20-21H,4-9H2,1H3/t14-,15+/m0/s1. The molecule has 0 amide bonds. The summed E-state index contributed by atoms with van der Waals surface area (Å²) in [4.78, 5) is -0.708. The molecule has 2 atom stereocenters. The first-order valence-corrected chi connectivity index (χ1v) is 9.52. The van der Waals surface area contributed by atoms with Crippen LogP contribution in [0, 0.1) is 11.6 Å². The Bertz CT molecular complexity index is 760. The molecule has 2 fully saturated rings. The van der Waals surface area contributed by atoms with Gasteiger partial charge < -0.3 is 14.9 Å². The van der Waals surface area contributed by atoms with Crippen molar-refractivity contribution in [3.63, 3.8) is 0 Å². The summed E-state index contributed by atoms with van der Waals surface area (Å²) in [7, 11) is -4.20. The van der Waals surface area contributed by atoms with E-state index >= 15 is 0 Å². The second-order valence-corrected chi connectivity index (χ2v) is 8.81. The zero-order chi connectivity index (χ0) is 18.5. The predicted molar refractivity (Wildman–Crippen MR) is 84.3 cm³/mol. The average Bonchev–Trinajstić information content (AvgIpc) is 2.55. The van der Waals surface area contributed by atoms with Crippen LogP contribution in [0.2, 0.25) is 0 Å². The molecule has 0 radical (unpaired) electrons. The van der Waals surface area contributed by atoms with Gasteiger partial charge >= 0.3 is 0 Å². The molecule has 25 heavy (non-hydrogen) atoms. The van der Waals surface area contributed by atoms with E-state index in [2.05, 4.69) is 0 Å². The smallest absolute Gasteiger partial charge is 0.246 e. The number of aliphatic hydroxyl groups is 2. The normalized spacial score (nSPS) is 30.5. The molecule has 2 N–H and O–H groups in total. The zero-order valence-electron chi connectivity index (χ0n) is 13.8. The van der Waals surface area contributed by atoms with Crippen molar-refractivity contribution in [3.8, 4) is 0 Å². The van der Waals surface area contributed by atoms with Crippen LogP contribution in [0.15, 0.2) is 23.1 Å². The lowest BCUT2D eigenvalue weighted by Gasteiger charge is -2.51. The molecule has 1 aromatic carbocycles. The summed E-state index contributed by atoms with van der Waals surface area (Å²) < 4.78 is 59.2. The van der Waals surface area contributed by atoms with E-state index in [0.29, 0.717) is 6.07 Å². The summed E-state index contributed by atoms with van der Waals surface area (Å²) in [5.74, 6) is -1.85. The third kappa shape index (κ3) is 3.19. The molecule has 2 saturated heterocycles. The summed E-state index contributed by atoms with van der Waals surface area (Å²) in [6.45, 7) is 1.74. The van der Waals surface area contributed by atoms with Gasteiger partial charge in [-0.3, -0.25) is 0 Å². The van der Waals surface area contributed by atoms with E-state index < -0.39 is 43.9 Å². The van der Waals surface area contributed by atoms with Crippen LogP contribution in [0.3, 0.4) is 0 Å². The van der Waals surface area contributed by atoms with Crippen molar-refractivity contribution in [1.82, 2.24) is 4.31 Å². The monoisotopic (exact) mass is 377 g/mol. The van der Waals surface area contributed by atoms with Crippen LogP contribution in [0.5, 0.6) is 0 Å². The van der Waals surface area contributed by atoms with Gasteiger partial charge in [0.05, 0.1) is 17.8 Å². The first-order chi connectivity index (χ1) is 11.6. The SMILES string of the molecule is C[C@@]1(O)CCOC2(CCN(S(=O)(=O)c3cc(F)ccc3F)CC2)[C@H]1O. The van der Waals surface area contributed by atoms with Crippen LogP contribution in [0.4, 0.5) is 8.78 Å². The highest BCUT2D eigenvalue weighted by Gasteiger charge is 2.53. The second-order valence-electron chi connectivity index (χ2n) is 6.90. The third-order valence-corrected chi connectivity index (χ3v) is 7.08. The maximum atomic E-state index is 13.9. The third-order valence-electron chi connectivity index (χ3n) is 5.16. The van der Waals surface area contributed by atoms with Gasteiger partial charge in [-0.05, 0) is 38.0 Å². The summed E-state index contributed by atoms with van der Waals surface area (Å²) in [6.07, 6.45) is -0.558. The largest absolute Gasteiger partial charge is 0.387 e. The van der Waals surface area contributed by atoms with Gasteiger partial charge in [-0.2, -0.15) is 4.31 Å². The fraction of sp³-hybridized carbons (Fsp3) is 0.625. The van der Waals surface area contributed by atoms with Crippen LogP contribution < -0.4 is 0 Å². The maximum absolute atomic E-state index is 13.9. The van der Waals surface area contributed by atoms with Gasteiger partial charge in [-0.1, -0.05) is 0 Å². The number of sulfonamides is 1. The first-order valence-electron chi connectivity index (χ1n) is 8.08. The molecule has 1 aromatic rings. The maximum Gasteiger partial charge on any atom is 0.246 e. The Balaban J connectivity index is 1.81. The average molecular weight is 377 g/mol. The van der Waals surface area contributed by atoms with Crippen molar-refractivity contribution in [2.45, 2.75) is 48.4 Å². The number of aliphatic hydroxyl groups excluding tert-OH is 1. The van der Waals surface area contributed by atoms with Gasteiger partial charge in [0.15, 0.2) is 0 Å². The molecule has 0 aliphatic carbocycles. The summed E-state index contributed by atoms with van der Waals surface area (Å²) >= 11 is 0. The molecular formula is C16H21F2NO5S. The summed E-state index contributed by atoms with van der Waals surface area (Å²) in [5, 5.41) is 20.7. The lowest BCUT2D eigenvalue weighted by molar-refractivity contribution is -0.243. The van der Waals surface area contributed by atoms with Gasteiger partial charge in [0.2, 0.25) is 10.0 Å². The van der Waals surface area contributed by atoms with Crippen LogP contribution >= 0.6 is 0 Å². The van der Waals surface area contributed by atoms with Crippen molar-refractivity contribution >= 4 is 10.0 Å². The fourth-order valence-corrected chi connectivity index (χ4v) is 5.10. The van der Waals surface area contributed by atoms with Crippen LogP contribution in [-0.2, 0) is 14.8 Å². The van der Waals surface area contributed by atoms with Crippen molar-refractivity contribution in [1.29, 1.82) is 0 Å². The molecule has 3 rings (SSSR count). The Morgan fingerprint density at radius 3 is 2.52 bits per heavy atom. The molecule has 6 nitrogen and oxygen atoms in total. The number of rotatable bonds is 2. The fourth-order valence-electron chi connectivity index (χ4n) is 3.58. The van der Waals surface area contributed by atoms with E-state index in [4.69, 9.17) is 4.74 Å². The minimum absolute atomic E-state index is 0.0224. The van der Waals surface area contributed by atoms with Crippen molar-refractivity contribution in [3.05, 3.63) is 29.8 Å². The minimum Gasteiger partial charge on any atom is -0.387 e. The molecule has 0 unspecified atom stereocenters. The highest BCUT2D eigenvalue weighted by Crippen LogP contribution is 2.40. The van der Waals surface area contributed by atoms with E-state index in [0.717, 1.165) is 16.4 Å². The van der Waals surface area contributed by atoms with Gasteiger partial charge in [-0.15, -0.1) is 0 Å². The number of hydrogen-bond acceptors (Lipinski definition) is 5. The number of piperidine rings is 1. The molecular weight excluding hydrogens is 356 g/mol. The number of hydrogen-bond donors (Lipinski definition) is 2. The molecule has 0 aromatic heterocycles. The molecule has 9 heteroatoms. The van der Waals surface area contributed by atoms with Gasteiger partial charge in [-0.25, -0.2) is 17.2 Å². The Morgan fingerprint density at radius 1 is 1.24 bits per heavy atom. The highest BCUT2D eigenvalue weighted by molar-refractivity contribution is 7.89. The molecule has 0 bridgehead atoms. The molecule has 2 heterocycles. The Morgan fingerprint density at radius 2 is 1.88 bits per heavy atom. The van der Waals surface area contributed by atoms with E-state index in [1.165, 1.54) is 6.92 Å². The van der Waals surface area contributed by atoms with Gasteiger partial charge in [0.1, 0.15) is 22.6 Å². The van der Waals surface area contributed by atoms with Crippen molar-refractivity contribution < 1.29 is 32.1 Å². The molecule has 2 aliphatic rings. The van der Waals surface area contributed by atoms with E-state index in [1.807, 2.05) is 0 Å². The van der Waals surface area contributed by atoms with Gasteiger partial charge in [0, 0.05) is 19.5 Å². The van der Waals surface area contributed by atoms with E-state index in [1.54, 1.807) is 0 Å². The number of ether oxygens (including phenoxy) is 1. The second kappa shape index (κ2) is 6.24. The predicted octanol–water partition coefficient (Wildman–Crippen LogP) is 1.02. The lowest BCUT2D eigenvalue weighted by Crippen LogP contribution is -2.64. The Kier molecular flexibility index (Phi) is 4.66. The van der Waals surface area contributed by atoms with Crippen LogP contribution in [0.1, 0.15) is 26.2 Å².